The molecule has 1 atom stereocenters. The monoisotopic (exact) mass is 232 g/mol. The summed E-state index contributed by atoms with van der Waals surface area (Å²) in [6, 6.07) is 7.13. The van der Waals surface area contributed by atoms with Crippen molar-refractivity contribution in [2.24, 2.45) is 0 Å². The van der Waals surface area contributed by atoms with Crippen LogP contribution < -0.4 is 11.1 Å². The normalized spacial score (nSPS) is 12.1. The van der Waals surface area contributed by atoms with Crippen LogP contribution in [0, 0.1) is 0 Å². The summed E-state index contributed by atoms with van der Waals surface area (Å²) in [6.07, 6.45) is 0. The molecule has 1 amide bonds. The Kier molecular flexibility index (Phi) is 2.99. The average Bonchev–Trinajstić information content (AvgIpc) is 2.83. The molecule has 1 unspecified atom stereocenters. The SMILES string of the molecule is CC(NC(=O)c1nn[nH]n1)c1ccc(N)cc1. The third-order valence-corrected chi connectivity index (χ3v) is 2.33. The first kappa shape index (κ1) is 11.1. The van der Waals surface area contributed by atoms with Crippen LogP contribution in [0.15, 0.2) is 24.3 Å². The van der Waals surface area contributed by atoms with Gasteiger partial charge in [-0.25, -0.2) is 0 Å². The minimum atomic E-state index is -0.372. The number of carbonyl (C=O) groups is 1. The van der Waals surface area contributed by atoms with E-state index in [-0.39, 0.29) is 17.8 Å². The predicted molar refractivity (Wildman–Crippen MR) is 60.9 cm³/mol. The maximum absolute atomic E-state index is 11.6. The standard InChI is InChI=1S/C10H12N6O/c1-6(7-2-4-8(11)5-3-7)12-10(17)9-13-15-16-14-9/h2-6H,11H2,1H3,(H,12,17)(H,13,14,15,16). The van der Waals surface area contributed by atoms with Gasteiger partial charge in [-0.2, -0.15) is 5.21 Å². The smallest absolute Gasteiger partial charge is 0.293 e. The molecule has 2 rings (SSSR count). The molecule has 2 aromatic rings. The number of aromatic amines is 1. The fraction of sp³-hybridized carbons (Fsp3) is 0.200. The van der Waals surface area contributed by atoms with Gasteiger partial charge in [-0.05, 0) is 29.8 Å². The summed E-state index contributed by atoms with van der Waals surface area (Å²) in [6.45, 7) is 1.86. The first-order valence-electron chi connectivity index (χ1n) is 5.06. The number of hydrogen-bond donors (Lipinski definition) is 3. The molecule has 1 heterocycles. The lowest BCUT2D eigenvalue weighted by molar-refractivity contribution is 0.0929. The number of nitrogens with zero attached hydrogens (tertiary/aromatic N) is 3. The van der Waals surface area contributed by atoms with Gasteiger partial charge in [-0.15, -0.1) is 10.2 Å². The summed E-state index contributed by atoms with van der Waals surface area (Å²) in [5.74, 6) is -0.352. The number of nitrogen functional groups attached to an aromatic ring is 1. The van der Waals surface area contributed by atoms with E-state index in [0.29, 0.717) is 5.69 Å². The summed E-state index contributed by atoms with van der Waals surface area (Å²) < 4.78 is 0. The van der Waals surface area contributed by atoms with E-state index in [4.69, 9.17) is 5.73 Å². The van der Waals surface area contributed by atoms with Gasteiger partial charge in [0, 0.05) is 5.69 Å². The summed E-state index contributed by atoms with van der Waals surface area (Å²) in [7, 11) is 0. The molecule has 0 bridgehead atoms. The first-order chi connectivity index (χ1) is 8.16. The molecule has 0 aliphatic carbocycles. The number of rotatable bonds is 3. The number of anilines is 1. The summed E-state index contributed by atoms with van der Waals surface area (Å²) in [4.78, 5) is 11.6. The molecule has 7 heteroatoms. The minimum Gasteiger partial charge on any atom is -0.399 e. The molecule has 0 fully saturated rings. The molecule has 0 radical (unpaired) electrons. The van der Waals surface area contributed by atoms with Crippen LogP contribution in [0.1, 0.15) is 29.1 Å². The van der Waals surface area contributed by atoms with Crippen molar-refractivity contribution in [2.75, 3.05) is 5.73 Å². The molecule has 0 saturated carbocycles. The van der Waals surface area contributed by atoms with Crippen LogP contribution in [0.5, 0.6) is 0 Å². The molecule has 17 heavy (non-hydrogen) atoms. The second-order valence-corrected chi connectivity index (χ2v) is 3.60. The molecule has 88 valence electrons. The summed E-state index contributed by atoms with van der Waals surface area (Å²) in [5, 5.41) is 15.5. The van der Waals surface area contributed by atoms with Gasteiger partial charge in [0.2, 0.25) is 0 Å². The summed E-state index contributed by atoms with van der Waals surface area (Å²) >= 11 is 0. The van der Waals surface area contributed by atoms with E-state index in [1.807, 2.05) is 19.1 Å². The quantitative estimate of drug-likeness (QED) is 0.658. The van der Waals surface area contributed by atoms with Gasteiger partial charge in [0.25, 0.3) is 11.7 Å². The van der Waals surface area contributed by atoms with E-state index in [9.17, 15) is 4.79 Å². The Labute approximate surface area is 97.4 Å². The lowest BCUT2D eigenvalue weighted by atomic mass is 10.1. The Hall–Kier alpha value is -2.44. The van der Waals surface area contributed by atoms with E-state index in [0.717, 1.165) is 5.56 Å². The highest BCUT2D eigenvalue weighted by Gasteiger charge is 2.14. The van der Waals surface area contributed by atoms with E-state index < -0.39 is 0 Å². The zero-order chi connectivity index (χ0) is 12.3. The molecule has 7 nitrogen and oxygen atoms in total. The maximum Gasteiger partial charge on any atom is 0.293 e. The average molecular weight is 232 g/mol. The van der Waals surface area contributed by atoms with E-state index in [2.05, 4.69) is 25.9 Å². The summed E-state index contributed by atoms with van der Waals surface area (Å²) in [5.41, 5.74) is 7.23. The molecule has 0 spiro atoms. The van der Waals surface area contributed by atoms with Gasteiger partial charge in [-0.3, -0.25) is 4.79 Å². The van der Waals surface area contributed by atoms with E-state index in [1.165, 1.54) is 0 Å². The molecule has 1 aromatic carbocycles. The van der Waals surface area contributed by atoms with Crippen molar-refractivity contribution in [3.63, 3.8) is 0 Å². The largest absolute Gasteiger partial charge is 0.399 e. The van der Waals surface area contributed by atoms with Crippen LogP contribution >= 0.6 is 0 Å². The molecule has 1 aromatic heterocycles. The fourth-order valence-electron chi connectivity index (χ4n) is 1.39. The number of amides is 1. The number of hydrogen-bond acceptors (Lipinski definition) is 5. The van der Waals surface area contributed by atoms with Crippen LogP contribution in [-0.2, 0) is 0 Å². The second-order valence-electron chi connectivity index (χ2n) is 3.60. The van der Waals surface area contributed by atoms with Crippen LogP contribution in [0.25, 0.3) is 0 Å². The zero-order valence-electron chi connectivity index (χ0n) is 9.21. The number of nitrogens with one attached hydrogen (secondary N) is 2. The van der Waals surface area contributed by atoms with E-state index >= 15 is 0 Å². The van der Waals surface area contributed by atoms with Crippen molar-refractivity contribution in [3.8, 4) is 0 Å². The van der Waals surface area contributed by atoms with Crippen molar-refractivity contribution < 1.29 is 4.79 Å². The molecule has 0 aliphatic rings. The maximum atomic E-state index is 11.6. The Morgan fingerprint density at radius 1 is 1.41 bits per heavy atom. The van der Waals surface area contributed by atoms with Crippen molar-refractivity contribution >= 4 is 11.6 Å². The first-order valence-corrected chi connectivity index (χ1v) is 5.06. The van der Waals surface area contributed by atoms with Crippen LogP contribution in [0.4, 0.5) is 5.69 Å². The van der Waals surface area contributed by atoms with Crippen LogP contribution in [0.2, 0.25) is 0 Å². The van der Waals surface area contributed by atoms with Crippen molar-refractivity contribution in [2.45, 2.75) is 13.0 Å². The number of tetrazole rings is 1. The minimum absolute atomic E-state index is 0.0206. The van der Waals surface area contributed by atoms with Crippen LogP contribution in [0.3, 0.4) is 0 Å². The lowest BCUT2D eigenvalue weighted by Gasteiger charge is -2.12. The van der Waals surface area contributed by atoms with Crippen LogP contribution in [-0.4, -0.2) is 26.5 Å². The highest BCUT2D eigenvalue weighted by molar-refractivity contribution is 5.90. The number of benzene rings is 1. The number of carbonyl (C=O) groups excluding carboxylic acids is 1. The third-order valence-electron chi connectivity index (χ3n) is 2.33. The molecule has 0 saturated heterocycles. The van der Waals surface area contributed by atoms with Crippen molar-refractivity contribution in [1.29, 1.82) is 0 Å². The Balaban J connectivity index is 2.04. The fourth-order valence-corrected chi connectivity index (χ4v) is 1.39. The molecular formula is C10H12N6O. The Morgan fingerprint density at radius 3 is 2.71 bits per heavy atom. The van der Waals surface area contributed by atoms with Crippen molar-refractivity contribution in [3.05, 3.63) is 35.7 Å². The second kappa shape index (κ2) is 4.60. The number of aromatic nitrogens is 4. The topological polar surface area (TPSA) is 110 Å². The van der Waals surface area contributed by atoms with Gasteiger partial charge in [0.1, 0.15) is 0 Å². The predicted octanol–water partition coefficient (Wildman–Crippen LogP) is 0.273. The lowest BCUT2D eigenvalue weighted by Crippen LogP contribution is -2.27. The van der Waals surface area contributed by atoms with E-state index in [1.54, 1.807) is 12.1 Å². The zero-order valence-corrected chi connectivity index (χ0v) is 9.21. The van der Waals surface area contributed by atoms with Gasteiger partial charge in [-0.1, -0.05) is 12.1 Å². The van der Waals surface area contributed by atoms with Gasteiger partial charge in [0.15, 0.2) is 0 Å². The van der Waals surface area contributed by atoms with Gasteiger partial charge >= 0.3 is 0 Å². The van der Waals surface area contributed by atoms with Gasteiger partial charge in [0.05, 0.1) is 6.04 Å². The highest BCUT2D eigenvalue weighted by atomic mass is 16.2. The molecule has 0 aliphatic heterocycles. The highest BCUT2D eigenvalue weighted by Crippen LogP contribution is 2.14. The number of nitrogens with two attached hydrogens (primary N) is 1. The van der Waals surface area contributed by atoms with Gasteiger partial charge < -0.3 is 11.1 Å². The number of H-pyrrole nitrogens is 1. The molecule has 4 N–H and O–H groups in total. The Bertz CT molecular complexity index is 492. The Morgan fingerprint density at radius 2 is 2.12 bits per heavy atom. The third kappa shape index (κ3) is 2.57. The van der Waals surface area contributed by atoms with Crippen molar-refractivity contribution in [1.82, 2.24) is 25.9 Å². The molecular weight excluding hydrogens is 220 g/mol.